The molecule has 0 radical (unpaired) electrons. The topological polar surface area (TPSA) is 40.6 Å². The Balaban J connectivity index is 1.54. The summed E-state index contributed by atoms with van der Waals surface area (Å²) in [4.78, 5) is 7.98. The van der Waals surface area contributed by atoms with Gasteiger partial charge in [-0.15, -0.1) is 0 Å². The van der Waals surface area contributed by atoms with Gasteiger partial charge in [-0.25, -0.2) is 9.83 Å². The van der Waals surface area contributed by atoms with E-state index in [-0.39, 0.29) is 0 Å². The van der Waals surface area contributed by atoms with Gasteiger partial charge in [0.1, 0.15) is 29.7 Å². The Hall–Kier alpha value is -3.20. The Kier molecular flexibility index (Phi) is 5.30. The van der Waals surface area contributed by atoms with Gasteiger partial charge >= 0.3 is 0 Å². The highest BCUT2D eigenvalue weighted by Gasteiger charge is 2.11. The molecule has 7 heteroatoms. The number of hydrogen-bond acceptors (Lipinski definition) is 3. The number of aryl methyl sites for hydroxylation is 1. The maximum absolute atomic E-state index is 7.14. The van der Waals surface area contributed by atoms with E-state index in [0.717, 1.165) is 16.9 Å². The summed E-state index contributed by atoms with van der Waals surface area (Å²) in [5, 5.41) is 0.836. The molecule has 3 aromatic carbocycles. The van der Waals surface area contributed by atoms with E-state index in [1.165, 1.54) is 0 Å². The van der Waals surface area contributed by atoms with E-state index >= 15 is 0 Å². The Labute approximate surface area is 177 Å². The Morgan fingerprint density at radius 3 is 2.66 bits per heavy atom. The van der Waals surface area contributed by atoms with Gasteiger partial charge in [0.15, 0.2) is 5.69 Å². The van der Waals surface area contributed by atoms with Crippen LogP contribution in [0.5, 0.6) is 17.2 Å². The summed E-state index contributed by atoms with van der Waals surface area (Å²) < 4.78 is 13.7. The van der Waals surface area contributed by atoms with Gasteiger partial charge in [0.05, 0.1) is 22.6 Å². The molecule has 0 bridgehead atoms. The summed E-state index contributed by atoms with van der Waals surface area (Å²) in [6, 6.07) is 17.9. The molecule has 0 atom stereocenters. The maximum atomic E-state index is 7.14. The van der Waals surface area contributed by atoms with Gasteiger partial charge in [-0.05, 0) is 42.5 Å². The smallest absolute Gasteiger partial charge is 0.192 e. The average molecular weight is 424 g/mol. The molecule has 1 aromatic heterocycles. The van der Waals surface area contributed by atoms with Crippen LogP contribution in [0.25, 0.3) is 15.9 Å². The van der Waals surface area contributed by atoms with Gasteiger partial charge in [0.2, 0.25) is 0 Å². The molecule has 4 rings (SSSR count). The van der Waals surface area contributed by atoms with Crippen LogP contribution in [0.4, 0.5) is 5.69 Å². The number of para-hydroxylation sites is 2. The van der Waals surface area contributed by atoms with Crippen molar-refractivity contribution in [3.63, 3.8) is 0 Å². The summed E-state index contributed by atoms with van der Waals surface area (Å²) in [5.41, 5.74) is 2.35. The monoisotopic (exact) mass is 423 g/mol. The number of hydrogen-bond donors (Lipinski definition) is 0. The van der Waals surface area contributed by atoms with E-state index in [4.69, 9.17) is 39.2 Å². The highest BCUT2D eigenvalue weighted by Crippen LogP contribution is 2.35. The van der Waals surface area contributed by atoms with Crippen LogP contribution in [0.1, 0.15) is 5.82 Å². The van der Waals surface area contributed by atoms with Gasteiger partial charge in [-0.3, -0.25) is 0 Å². The molecule has 4 aromatic rings. The molecule has 5 nitrogen and oxygen atoms in total. The maximum Gasteiger partial charge on any atom is 0.192 e. The standard InChI is InChI=1S/C22H15Cl2N3O2/c1-25-15-9-14(23)10-17(11-15)29-21-12-16(7-8-18(21)24)28-13-22-26-19-5-3-4-6-20(19)27(22)2/h3-12H,13H2,2H3. The SMILES string of the molecule is [C-]#[N+]c1cc(Cl)cc(Oc2cc(OCc3nc4ccccc4n3C)ccc2Cl)c1. The van der Waals surface area contributed by atoms with E-state index in [9.17, 15) is 0 Å². The van der Waals surface area contributed by atoms with Crippen molar-refractivity contribution >= 4 is 39.9 Å². The molecular formula is C22H15Cl2N3O2. The van der Waals surface area contributed by atoms with Crippen LogP contribution in [0.15, 0.2) is 60.7 Å². The number of halogens is 2. The van der Waals surface area contributed by atoms with Crippen molar-refractivity contribution in [1.82, 2.24) is 9.55 Å². The Morgan fingerprint density at radius 2 is 1.86 bits per heavy atom. The highest BCUT2D eigenvalue weighted by atomic mass is 35.5. The first-order valence-corrected chi connectivity index (χ1v) is 9.47. The van der Waals surface area contributed by atoms with Crippen molar-refractivity contribution in [2.75, 3.05) is 0 Å². The van der Waals surface area contributed by atoms with Crippen LogP contribution in [0.3, 0.4) is 0 Å². The quantitative estimate of drug-likeness (QED) is 0.331. The van der Waals surface area contributed by atoms with E-state index in [1.807, 2.05) is 35.9 Å². The molecular weight excluding hydrogens is 409 g/mol. The van der Waals surface area contributed by atoms with Gasteiger partial charge in [-0.1, -0.05) is 35.3 Å². The van der Waals surface area contributed by atoms with Crippen LogP contribution in [0.2, 0.25) is 10.0 Å². The fourth-order valence-corrected chi connectivity index (χ4v) is 3.30. The average Bonchev–Trinajstić information content (AvgIpc) is 3.04. The second kappa shape index (κ2) is 8.04. The first-order chi connectivity index (χ1) is 14.0. The number of benzene rings is 3. The fraction of sp³-hybridized carbons (Fsp3) is 0.0909. The summed E-state index contributed by atoms with van der Waals surface area (Å²) in [6.07, 6.45) is 0. The number of aromatic nitrogens is 2. The lowest BCUT2D eigenvalue weighted by atomic mass is 10.3. The second-order valence-electron chi connectivity index (χ2n) is 6.32. The first kappa shape index (κ1) is 19.1. The molecule has 0 N–H and O–H groups in total. The zero-order valence-corrected chi connectivity index (χ0v) is 16.9. The van der Waals surface area contributed by atoms with Gasteiger partial charge < -0.3 is 14.0 Å². The van der Waals surface area contributed by atoms with Crippen molar-refractivity contribution < 1.29 is 9.47 Å². The minimum absolute atomic E-state index is 0.297. The third kappa shape index (κ3) is 4.14. The molecule has 29 heavy (non-hydrogen) atoms. The molecule has 144 valence electrons. The zero-order valence-electron chi connectivity index (χ0n) is 15.4. The van der Waals surface area contributed by atoms with Crippen LogP contribution in [-0.2, 0) is 13.7 Å². The molecule has 0 aliphatic rings. The molecule has 0 fully saturated rings. The predicted octanol–water partition coefficient (Wildman–Crippen LogP) is 6.80. The molecule has 0 unspecified atom stereocenters. The van der Waals surface area contributed by atoms with Crippen molar-refractivity contribution in [2.24, 2.45) is 7.05 Å². The molecule has 0 saturated carbocycles. The van der Waals surface area contributed by atoms with Gasteiger partial charge in [-0.2, -0.15) is 0 Å². The van der Waals surface area contributed by atoms with Crippen LogP contribution >= 0.6 is 23.2 Å². The van der Waals surface area contributed by atoms with Crippen molar-refractivity contribution in [3.05, 3.63) is 88.0 Å². The number of fused-ring (bicyclic) bond motifs is 1. The molecule has 0 saturated heterocycles. The minimum Gasteiger partial charge on any atom is -0.486 e. The van der Waals surface area contributed by atoms with Gasteiger partial charge in [0, 0.05) is 18.1 Å². The second-order valence-corrected chi connectivity index (χ2v) is 7.16. The summed E-state index contributed by atoms with van der Waals surface area (Å²) in [7, 11) is 1.96. The molecule has 0 spiro atoms. The minimum atomic E-state index is 0.297. The molecule has 0 aliphatic heterocycles. The summed E-state index contributed by atoms with van der Waals surface area (Å²) in [5.74, 6) is 2.23. The number of ether oxygens (including phenoxy) is 2. The fourth-order valence-electron chi connectivity index (χ4n) is 2.92. The lowest BCUT2D eigenvalue weighted by Crippen LogP contribution is -2.03. The highest BCUT2D eigenvalue weighted by molar-refractivity contribution is 6.32. The van der Waals surface area contributed by atoms with Crippen molar-refractivity contribution in [1.29, 1.82) is 0 Å². The van der Waals surface area contributed by atoms with Crippen molar-refractivity contribution in [3.8, 4) is 17.2 Å². The molecule has 0 aliphatic carbocycles. The molecule has 1 heterocycles. The lowest BCUT2D eigenvalue weighted by molar-refractivity contribution is 0.291. The number of rotatable bonds is 5. The zero-order chi connectivity index (χ0) is 20.4. The first-order valence-electron chi connectivity index (χ1n) is 8.72. The number of nitrogens with zero attached hydrogens (tertiary/aromatic N) is 3. The van der Waals surface area contributed by atoms with E-state index in [0.29, 0.717) is 39.6 Å². The van der Waals surface area contributed by atoms with Crippen molar-refractivity contribution in [2.45, 2.75) is 6.61 Å². The summed E-state index contributed by atoms with van der Waals surface area (Å²) in [6.45, 7) is 7.44. The van der Waals surface area contributed by atoms with E-state index in [1.54, 1.807) is 36.4 Å². The van der Waals surface area contributed by atoms with Crippen LogP contribution in [-0.4, -0.2) is 9.55 Å². The Bertz CT molecular complexity index is 1240. The predicted molar refractivity (Wildman–Crippen MR) is 114 cm³/mol. The Morgan fingerprint density at radius 1 is 1.03 bits per heavy atom. The number of imidazole rings is 1. The van der Waals surface area contributed by atoms with E-state index < -0.39 is 0 Å². The normalized spacial score (nSPS) is 10.7. The molecule has 0 amide bonds. The third-order valence-corrected chi connectivity index (χ3v) is 4.89. The summed E-state index contributed by atoms with van der Waals surface area (Å²) >= 11 is 12.3. The lowest BCUT2D eigenvalue weighted by Gasteiger charge is -2.11. The van der Waals surface area contributed by atoms with Gasteiger partial charge in [0.25, 0.3) is 0 Å². The van der Waals surface area contributed by atoms with E-state index in [2.05, 4.69) is 9.83 Å². The third-order valence-electron chi connectivity index (χ3n) is 4.36. The largest absolute Gasteiger partial charge is 0.486 e. The van der Waals surface area contributed by atoms with Crippen LogP contribution < -0.4 is 9.47 Å². The van der Waals surface area contributed by atoms with Crippen LogP contribution in [0, 0.1) is 6.57 Å².